The Morgan fingerprint density at radius 2 is 1.82 bits per heavy atom. The van der Waals surface area contributed by atoms with Gasteiger partial charge < -0.3 is 10.1 Å². The molecule has 0 aliphatic rings. The molecule has 0 aliphatic carbocycles. The molecule has 2 rings (SSSR count). The molecule has 0 spiro atoms. The maximum Gasteiger partial charge on any atom is 0.337 e. The highest BCUT2D eigenvalue weighted by molar-refractivity contribution is 7.99. The van der Waals surface area contributed by atoms with E-state index in [-0.39, 0.29) is 5.56 Å². The van der Waals surface area contributed by atoms with Crippen LogP contribution in [0.3, 0.4) is 0 Å². The van der Waals surface area contributed by atoms with Crippen LogP contribution in [-0.2, 0) is 0 Å². The third-order valence-electron chi connectivity index (χ3n) is 1.97. The molecule has 17 heavy (non-hydrogen) atoms. The molecule has 0 amide bonds. The lowest BCUT2D eigenvalue weighted by atomic mass is 10.4. The number of H-pyrrole nitrogens is 1. The van der Waals surface area contributed by atoms with E-state index in [1.165, 1.54) is 18.0 Å². The van der Waals surface area contributed by atoms with E-state index >= 15 is 0 Å². The number of hydrogen-bond acceptors (Lipinski definition) is 2. The molecule has 0 radical (unpaired) electrons. The van der Waals surface area contributed by atoms with Crippen LogP contribution in [0.1, 0.15) is 10.4 Å². The SMILES string of the molecule is O=C(O)c1c[nH]c(Sc2cc(Cl)cc(Cl)c2)c1. The van der Waals surface area contributed by atoms with Gasteiger partial charge in [0.05, 0.1) is 10.6 Å². The van der Waals surface area contributed by atoms with Gasteiger partial charge in [0.15, 0.2) is 0 Å². The molecule has 0 aliphatic heterocycles. The topological polar surface area (TPSA) is 53.1 Å². The maximum absolute atomic E-state index is 10.7. The minimum Gasteiger partial charge on any atom is -0.478 e. The van der Waals surface area contributed by atoms with Crippen LogP contribution in [0.15, 0.2) is 40.4 Å². The fourth-order valence-electron chi connectivity index (χ4n) is 1.27. The zero-order valence-corrected chi connectivity index (χ0v) is 10.7. The predicted octanol–water partition coefficient (Wildman–Crippen LogP) is 4.17. The number of rotatable bonds is 3. The van der Waals surface area contributed by atoms with Gasteiger partial charge in [0, 0.05) is 21.1 Å². The van der Waals surface area contributed by atoms with E-state index in [1.807, 2.05) is 0 Å². The molecule has 0 saturated carbocycles. The molecule has 1 aromatic heterocycles. The minimum atomic E-state index is -0.961. The van der Waals surface area contributed by atoms with Gasteiger partial charge in [-0.1, -0.05) is 35.0 Å². The summed E-state index contributed by atoms with van der Waals surface area (Å²) in [5, 5.41) is 10.6. The van der Waals surface area contributed by atoms with Gasteiger partial charge in [-0.25, -0.2) is 4.79 Å². The number of aromatic nitrogens is 1. The molecular weight excluding hydrogens is 281 g/mol. The molecule has 0 saturated heterocycles. The summed E-state index contributed by atoms with van der Waals surface area (Å²) in [6, 6.07) is 6.73. The Labute approximate surface area is 112 Å². The summed E-state index contributed by atoms with van der Waals surface area (Å²) >= 11 is 13.1. The Balaban J connectivity index is 2.22. The van der Waals surface area contributed by atoms with Crippen LogP contribution in [0.4, 0.5) is 0 Å². The first kappa shape index (κ1) is 12.4. The predicted molar refractivity (Wildman–Crippen MR) is 68.3 cm³/mol. The maximum atomic E-state index is 10.7. The van der Waals surface area contributed by atoms with Crippen molar-refractivity contribution in [3.8, 4) is 0 Å². The fourth-order valence-corrected chi connectivity index (χ4v) is 2.86. The summed E-state index contributed by atoms with van der Waals surface area (Å²) in [7, 11) is 0. The third kappa shape index (κ3) is 3.19. The average Bonchev–Trinajstić information content (AvgIpc) is 2.64. The molecular formula is C11H7Cl2NO2S. The first-order chi connectivity index (χ1) is 8.04. The Kier molecular flexibility index (Phi) is 3.66. The monoisotopic (exact) mass is 287 g/mol. The minimum absolute atomic E-state index is 0.223. The van der Waals surface area contributed by atoms with E-state index in [4.69, 9.17) is 28.3 Å². The highest BCUT2D eigenvalue weighted by Gasteiger charge is 2.07. The van der Waals surface area contributed by atoms with Crippen molar-refractivity contribution in [2.75, 3.05) is 0 Å². The molecule has 0 unspecified atom stereocenters. The van der Waals surface area contributed by atoms with Crippen LogP contribution in [-0.4, -0.2) is 16.1 Å². The van der Waals surface area contributed by atoms with Gasteiger partial charge in [-0.05, 0) is 24.3 Å². The van der Waals surface area contributed by atoms with E-state index in [1.54, 1.807) is 24.3 Å². The van der Waals surface area contributed by atoms with Crippen LogP contribution >= 0.6 is 35.0 Å². The largest absolute Gasteiger partial charge is 0.478 e. The molecule has 3 nitrogen and oxygen atoms in total. The second-order valence-corrected chi connectivity index (χ2v) is 5.25. The first-order valence-electron chi connectivity index (χ1n) is 4.60. The summed E-state index contributed by atoms with van der Waals surface area (Å²) in [5.74, 6) is -0.961. The van der Waals surface area contributed by atoms with Crippen molar-refractivity contribution in [2.24, 2.45) is 0 Å². The Morgan fingerprint density at radius 3 is 2.35 bits per heavy atom. The second-order valence-electron chi connectivity index (χ2n) is 3.26. The molecule has 0 fully saturated rings. The summed E-state index contributed by atoms with van der Waals surface area (Å²) in [4.78, 5) is 14.4. The Hall–Kier alpha value is -1.10. The molecule has 2 aromatic rings. The van der Waals surface area contributed by atoms with Gasteiger partial charge in [-0.3, -0.25) is 0 Å². The molecule has 88 valence electrons. The summed E-state index contributed by atoms with van der Waals surface area (Å²) < 4.78 is 0. The normalized spacial score (nSPS) is 10.5. The number of carbonyl (C=O) groups is 1. The lowest BCUT2D eigenvalue weighted by molar-refractivity contribution is 0.0697. The number of carboxylic acids is 1. The van der Waals surface area contributed by atoms with Crippen molar-refractivity contribution in [2.45, 2.75) is 9.92 Å². The molecule has 1 aromatic carbocycles. The van der Waals surface area contributed by atoms with Crippen molar-refractivity contribution < 1.29 is 9.90 Å². The van der Waals surface area contributed by atoms with Crippen LogP contribution < -0.4 is 0 Å². The highest BCUT2D eigenvalue weighted by atomic mass is 35.5. The van der Waals surface area contributed by atoms with Gasteiger partial charge in [-0.2, -0.15) is 0 Å². The molecule has 0 bridgehead atoms. The van der Waals surface area contributed by atoms with E-state index in [0.29, 0.717) is 10.0 Å². The average molecular weight is 288 g/mol. The quantitative estimate of drug-likeness (QED) is 0.891. The molecule has 1 heterocycles. The van der Waals surface area contributed by atoms with Gasteiger partial charge >= 0.3 is 5.97 Å². The number of halogens is 2. The number of aromatic amines is 1. The Morgan fingerprint density at radius 1 is 1.18 bits per heavy atom. The standard InChI is InChI=1S/C11H7Cl2NO2S/c12-7-2-8(13)4-9(3-7)17-10-1-6(5-14-10)11(15)16/h1-5,14H,(H,15,16). The van der Waals surface area contributed by atoms with Crippen LogP contribution in [0, 0.1) is 0 Å². The van der Waals surface area contributed by atoms with Crippen molar-refractivity contribution in [3.05, 3.63) is 46.1 Å². The van der Waals surface area contributed by atoms with Crippen molar-refractivity contribution in [1.82, 2.24) is 4.98 Å². The lowest BCUT2D eigenvalue weighted by Crippen LogP contribution is -1.91. The fraction of sp³-hybridized carbons (Fsp3) is 0. The lowest BCUT2D eigenvalue weighted by Gasteiger charge is -2.00. The van der Waals surface area contributed by atoms with Gasteiger partial charge in [0.25, 0.3) is 0 Å². The number of carboxylic acid groups (broad SMARTS) is 1. The summed E-state index contributed by atoms with van der Waals surface area (Å²) in [5.41, 5.74) is 0.223. The smallest absolute Gasteiger partial charge is 0.337 e. The number of hydrogen-bond donors (Lipinski definition) is 2. The second kappa shape index (κ2) is 5.04. The number of benzene rings is 1. The van der Waals surface area contributed by atoms with Gasteiger partial charge in [0.2, 0.25) is 0 Å². The zero-order chi connectivity index (χ0) is 12.4. The van der Waals surface area contributed by atoms with Crippen molar-refractivity contribution in [3.63, 3.8) is 0 Å². The first-order valence-corrected chi connectivity index (χ1v) is 6.17. The summed E-state index contributed by atoms with van der Waals surface area (Å²) in [6.07, 6.45) is 1.44. The Bertz CT molecular complexity index is 548. The third-order valence-corrected chi connectivity index (χ3v) is 3.33. The van der Waals surface area contributed by atoms with Crippen LogP contribution in [0.2, 0.25) is 10.0 Å². The zero-order valence-electron chi connectivity index (χ0n) is 8.41. The van der Waals surface area contributed by atoms with Crippen LogP contribution in [0.25, 0.3) is 0 Å². The van der Waals surface area contributed by atoms with Gasteiger partial charge in [-0.15, -0.1) is 0 Å². The number of aromatic carboxylic acids is 1. The molecule has 6 heteroatoms. The van der Waals surface area contributed by atoms with E-state index in [0.717, 1.165) is 9.92 Å². The number of nitrogens with one attached hydrogen (secondary N) is 1. The van der Waals surface area contributed by atoms with E-state index in [2.05, 4.69) is 4.98 Å². The van der Waals surface area contributed by atoms with E-state index in [9.17, 15) is 4.79 Å². The summed E-state index contributed by atoms with van der Waals surface area (Å²) in [6.45, 7) is 0. The highest BCUT2D eigenvalue weighted by Crippen LogP contribution is 2.31. The molecule has 0 atom stereocenters. The van der Waals surface area contributed by atoms with Crippen molar-refractivity contribution >= 4 is 40.9 Å². The van der Waals surface area contributed by atoms with E-state index < -0.39 is 5.97 Å². The molecule has 2 N–H and O–H groups in total. The van der Waals surface area contributed by atoms with Gasteiger partial charge in [0.1, 0.15) is 0 Å². The van der Waals surface area contributed by atoms with Crippen molar-refractivity contribution in [1.29, 1.82) is 0 Å². The van der Waals surface area contributed by atoms with Crippen LogP contribution in [0.5, 0.6) is 0 Å².